The van der Waals surface area contributed by atoms with Crippen LogP contribution in [0.15, 0.2) is 4.79 Å². The van der Waals surface area contributed by atoms with Gasteiger partial charge in [-0.1, -0.05) is 5.92 Å². The summed E-state index contributed by atoms with van der Waals surface area (Å²) in [4.78, 5) is 48.0. The molecule has 4 heterocycles. The van der Waals surface area contributed by atoms with Gasteiger partial charge in [-0.25, -0.2) is 9.59 Å². The molecule has 0 bridgehead atoms. The smallest absolute Gasteiger partial charge is 0.475 e. The molecule has 0 aromatic carbocycles. The minimum Gasteiger partial charge on any atom is -0.475 e. The summed E-state index contributed by atoms with van der Waals surface area (Å²) in [6, 6.07) is -0.439. The molecule has 0 saturated carbocycles. The Balaban J connectivity index is 0.000000479. The normalized spacial score (nSPS) is 17.6. The molecule has 37 heavy (non-hydrogen) atoms. The third kappa shape index (κ3) is 5.96. The highest BCUT2D eigenvalue weighted by Crippen LogP contribution is 2.26. The van der Waals surface area contributed by atoms with Crippen LogP contribution in [0.5, 0.6) is 0 Å². The van der Waals surface area contributed by atoms with Crippen molar-refractivity contribution in [3.63, 3.8) is 0 Å². The van der Waals surface area contributed by atoms with E-state index in [2.05, 4.69) is 22.1 Å². The number of ether oxygens (including phenoxy) is 1. The predicted octanol–water partition coefficient (Wildman–Crippen LogP) is 0.338. The van der Waals surface area contributed by atoms with Crippen molar-refractivity contribution >= 4 is 35.0 Å². The molecule has 2 saturated heterocycles. The number of alkyl halides is 3. The zero-order chi connectivity index (χ0) is 27.3. The molecule has 15 heteroatoms. The summed E-state index contributed by atoms with van der Waals surface area (Å²) in [6.07, 6.45) is -3.58. The summed E-state index contributed by atoms with van der Waals surface area (Å²) in [6.45, 7) is 6.09. The van der Waals surface area contributed by atoms with Gasteiger partial charge >= 0.3 is 18.1 Å². The number of rotatable bonds is 4. The molecular weight excluding hydrogens is 499 g/mol. The molecule has 0 aliphatic carbocycles. The maximum atomic E-state index is 13.4. The minimum absolute atomic E-state index is 0.197. The molecule has 2 aliphatic heterocycles. The maximum absolute atomic E-state index is 13.4. The van der Waals surface area contributed by atoms with Crippen LogP contribution in [-0.4, -0.2) is 88.2 Å². The Morgan fingerprint density at radius 3 is 2.38 bits per heavy atom. The van der Waals surface area contributed by atoms with E-state index >= 15 is 0 Å². The molecule has 0 radical (unpaired) electrons. The van der Waals surface area contributed by atoms with Crippen LogP contribution in [0.2, 0.25) is 0 Å². The number of fused-ring (bicyclic) bond motifs is 1. The molecule has 202 valence electrons. The lowest BCUT2D eigenvalue weighted by Crippen LogP contribution is -2.44. The van der Waals surface area contributed by atoms with Gasteiger partial charge in [0.25, 0.3) is 5.56 Å². The van der Waals surface area contributed by atoms with Crippen molar-refractivity contribution < 1.29 is 32.6 Å². The van der Waals surface area contributed by atoms with Crippen molar-refractivity contribution in [1.29, 1.82) is 0 Å². The zero-order valence-electron chi connectivity index (χ0n) is 20.6. The van der Waals surface area contributed by atoms with E-state index in [0.717, 1.165) is 32.6 Å². The Bertz CT molecular complexity index is 1270. The van der Waals surface area contributed by atoms with Gasteiger partial charge in [0.1, 0.15) is 6.04 Å². The number of carboxylic acid groups (broad SMARTS) is 1. The molecule has 0 unspecified atom stereocenters. The summed E-state index contributed by atoms with van der Waals surface area (Å²) in [5.41, 5.74) is 0.624. The van der Waals surface area contributed by atoms with E-state index in [9.17, 15) is 22.8 Å². The number of nitrogens with zero attached hydrogens (tertiary/aromatic N) is 6. The summed E-state index contributed by atoms with van der Waals surface area (Å²) in [5, 5.41) is 10.5. The number of esters is 1. The lowest BCUT2D eigenvalue weighted by Gasteiger charge is -2.28. The number of piperazine rings is 1. The number of halogens is 3. The van der Waals surface area contributed by atoms with Crippen LogP contribution in [0.1, 0.15) is 19.8 Å². The standard InChI is InChI=1S/C20H27N7O3.C2HF3O2/c1-4-5-10-27-15-16(23-20(27)25-12-8-21-9-13-25)22-19(24(2)17(15)28)26-11-6-7-14(26)18(29)30-3;3-2(4,5)1(6)7/h14,21H,6-13H2,1-3H3;(H,6,7)/t14-;/m1./s1. The van der Waals surface area contributed by atoms with E-state index in [0.29, 0.717) is 42.6 Å². The van der Waals surface area contributed by atoms with Crippen LogP contribution in [0.3, 0.4) is 0 Å². The SMILES string of the molecule is CC#CCn1c(N2CCNCC2)nc2nc(N3CCC[C@@H]3C(=O)OC)n(C)c(=O)c21.O=C(O)C(F)(F)F. The number of aromatic nitrogens is 4. The van der Waals surface area contributed by atoms with Gasteiger partial charge in [-0.2, -0.15) is 23.1 Å². The average Bonchev–Trinajstić information content (AvgIpc) is 3.50. The summed E-state index contributed by atoms with van der Waals surface area (Å²) >= 11 is 0. The molecular formula is C22H28F3N7O5. The van der Waals surface area contributed by atoms with Crippen LogP contribution in [0.4, 0.5) is 25.1 Å². The largest absolute Gasteiger partial charge is 0.490 e. The summed E-state index contributed by atoms with van der Waals surface area (Å²) in [5.74, 6) is 4.03. The highest BCUT2D eigenvalue weighted by atomic mass is 19.4. The number of anilines is 2. The van der Waals surface area contributed by atoms with Crippen molar-refractivity contribution in [2.45, 2.75) is 38.5 Å². The first-order valence-corrected chi connectivity index (χ1v) is 11.5. The second-order valence-electron chi connectivity index (χ2n) is 8.29. The fraction of sp³-hybridized carbons (Fsp3) is 0.591. The first-order valence-electron chi connectivity index (χ1n) is 11.5. The number of hydrogen-bond acceptors (Lipinski definition) is 9. The van der Waals surface area contributed by atoms with E-state index in [1.54, 1.807) is 14.0 Å². The van der Waals surface area contributed by atoms with Crippen molar-refractivity contribution in [3.05, 3.63) is 10.4 Å². The maximum Gasteiger partial charge on any atom is 0.490 e. The van der Waals surface area contributed by atoms with E-state index in [4.69, 9.17) is 24.6 Å². The molecule has 12 nitrogen and oxygen atoms in total. The van der Waals surface area contributed by atoms with E-state index in [-0.39, 0.29) is 11.5 Å². The van der Waals surface area contributed by atoms with Gasteiger partial charge in [-0.05, 0) is 19.8 Å². The quantitative estimate of drug-likeness (QED) is 0.423. The highest BCUT2D eigenvalue weighted by Gasteiger charge is 2.38. The number of carbonyl (C=O) groups excluding carboxylic acids is 1. The van der Waals surface area contributed by atoms with Gasteiger partial charge in [0, 0.05) is 39.8 Å². The van der Waals surface area contributed by atoms with Crippen LogP contribution >= 0.6 is 0 Å². The molecule has 2 N–H and O–H groups in total. The van der Waals surface area contributed by atoms with Crippen molar-refractivity contribution in [1.82, 2.24) is 24.4 Å². The first-order chi connectivity index (χ1) is 17.5. The van der Waals surface area contributed by atoms with Gasteiger partial charge in [0.05, 0.1) is 13.7 Å². The van der Waals surface area contributed by atoms with E-state index in [1.807, 2.05) is 9.47 Å². The minimum atomic E-state index is -5.08. The van der Waals surface area contributed by atoms with Crippen molar-refractivity contribution in [3.8, 4) is 11.8 Å². The second kappa shape index (κ2) is 11.5. The number of methoxy groups -OCH3 is 1. The predicted molar refractivity (Wildman–Crippen MR) is 127 cm³/mol. The number of carbonyl (C=O) groups is 2. The fourth-order valence-corrected chi connectivity index (χ4v) is 4.20. The topological polar surface area (TPSA) is 135 Å². The lowest BCUT2D eigenvalue weighted by atomic mass is 10.2. The Kier molecular flexibility index (Phi) is 8.64. The number of nitrogens with one attached hydrogen (secondary N) is 1. The average molecular weight is 528 g/mol. The number of hydrogen-bond donors (Lipinski definition) is 2. The van der Waals surface area contributed by atoms with E-state index < -0.39 is 18.2 Å². The third-order valence-corrected chi connectivity index (χ3v) is 5.98. The fourth-order valence-electron chi connectivity index (χ4n) is 4.20. The Hall–Kier alpha value is -3.80. The molecule has 4 rings (SSSR count). The van der Waals surface area contributed by atoms with Gasteiger partial charge in [-0.3, -0.25) is 13.9 Å². The molecule has 1 atom stereocenters. The van der Waals surface area contributed by atoms with Crippen LogP contribution in [-0.2, 0) is 27.9 Å². The van der Waals surface area contributed by atoms with Crippen molar-refractivity contribution in [2.24, 2.45) is 7.05 Å². The Labute approximate surface area is 210 Å². The van der Waals surface area contributed by atoms with E-state index in [1.165, 1.54) is 11.7 Å². The third-order valence-electron chi connectivity index (χ3n) is 5.98. The zero-order valence-corrected chi connectivity index (χ0v) is 20.6. The number of imidazole rings is 1. The van der Waals surface area contributed by atoms with Gasteiger partial charge in [-0.15, -0.1) is 5.92 Å². The molecule has 0 spiro atoms. The monoisotopic (exact) mass is 527 g/mol. The molecule has 0 amide bonds. The molecule has 2 aliphatic rings. The lowest BCUT2D eigenvalue weighted by molar-refractivity contribution is -0.192. The van der Waals surface area contributed by atoms with Crippen LogP contribution in [0.25, 0.3) is 11.2 Å². The van der Waals surface area contributed by atoms with Crippen LogP contribution in [0, 0.1) is 11.8 Å². The first kappa shape index (κ1) is 27.8. The Morgan fingerprint density at radius 2 is 1.81 bits per heavy atom. The van der Waals surface area contributed by atoms with Crippen molar-refractivity contribution in [2.75, 3.05) is 49.6 Å². The summed E-state index contributed by atoms with van der Waals surface area (Å²) in [7, 11) is 3.06. The van der Waals surface area contributed by atoms with Gasteiger partial charge in [0.2, 0.25) is 11.9 Å². The van der Waals surface area contributed by atoms with Gasteiger partial charge < -0.3 is 25.0 Å². The highest BCUT2D eigenvalue weighted by molar-refractivity contribution is 5.81. The summed E-state index contributed by atoms with van der Waals surface area (Å²) < 4.78 is 40.0. The van der Waals surface area contributed by atoms with Gasteiger partial charge in [0.15, 0.2) is 11.2 Å². The molecule has 2 fully saturated rings. The second-order valence-corrected chi connectivity index (χ2v) is 8.29. The van der Waals surface area contributed by atoms with Crippen LogP contribution < -0.4 is 20.7 Å². The Morgan fingerprint density at radius 1 is 1.19 bits per heavy atom. The number of aliphatic carboxylic acids is 1. The molecule has 2 aromatic heterocycles. The molecule has 2 aromatic rings. The number of carboxylic acids is 1.